The van der Waals surface area contributed by atoms with Gasteiger partial charge in [0, 0.05) is 19.6 Å². The summed E-state index contributed by atoms with van der Waals surface area (Å²) >= 11 is 1.35. The molecule has 132 valence electrons. The molecule has 1 aliphatic carbocycles. The molecular weight excluding hydrogens is 342 g/mol. The SMILES string of the molecule is Cl.Cn1c(=O)sc2cc(CN3CCC(NCC4CC4)CC3)ccc21. The zero-order chi connectivity index (χ0) is 15.8. The summed E-state index contributed by atoms with van der Waals surface area (Å²) in [5, 5.41) is 3.74. The monoisotopic (exact) mass is 367 g/mol. The molecule has 0 amide bonds. The minimum absolute atomic E-state index is 0. The lowest BCUT2D eigenvalue weighted by Gasteiger charge is -2.32. The summed E-state index contributed by atoms with van der Waals surface area (Å²) in [6.45, 7) is 4.58. The first kappa shape index (κ1) is 17.9. The Morgan fingerprint density at radius 2 is 1.96 bits per heavy atom. The van der Waals surface area contributed by atoms with Crippen molar-refractivity contribution in [1.29, 1.82) is 0 Å². The fourth-order valence-electron chi connectivity index (χ4n) is 3.49. The zero-order valence-electron chi connectivity index (χ0n) is 14.2. The number of halogens is 1. The standard InChI is InChI=1S/C18H25N3OS.ClH/c1-20-16-5-4-14(10-17(16)23-18(20)22)12-21-8-6-15(7-9-21)19-11-13-2-3-13;/h4-5,10,13,15,19H,2-3,6-9,11-12H2,1H3;1H. The first-order valence-corrected chi connectivity index (χ1v) is 9.55. The molecule has 0 unspecified atom stereocenters. The Morgan fingerprint density at radius 3 is 2.67 bits per heavy atom. The van der Waals surface area contributed by atoms with Crippen molar-refractivity contribution in [3.05, 3.63) is 33.4 Å². The lowest BCUT2D eigenvalue weighted by molar-refractivity contribution is 0.190. The van der Waals surface area contributed by atoms with Gasteiger partial charge in [-0.15, -0.1) is 12.4 Å². The van der Waals surface area contributed by atoms with E-state index in [0.29, 0.717) is 6.04 Å². The molecule has 1 saturated heterocycles. The molecule has 1 aromatic carbocycles. The van der Waals surface area contributed by atoms with Crippen LogP contribution in [-0.2, 0) is 13.6 Å². The average molecular weight is 368 g/mol. The molecule has 0 spiro atoms. The van der Waals surface area contributed by atoms with Crippen LogP contribution >= 0.6 is 23.7 Å². The lowest BCUT2D eigenvalue weighted by Crippen LogP contribution is -2.42. The minimum Gasteiger partial charge on any atom is -0.314 e. The van der Waals surface area contributed by atoms with E-state index in [1.807, 2.05) is 7.05 Å². The van der Waals surface area contributed by atoms with Gasteiger partial charge in [0.2, 0.25) is 0 Å². The van der Waals surface area contributed by atoms with Gasteiger partial charge in [0.05, 0.1) is 10.2 Å². The number of piperidine rings is 1. The third kappa shape index (κ3) is 4.02. The van der Waals surface area contributed by atoms with Crippen LogP contribution in [0.1, 0.15) is 31.2 Å². The van der Waals surface area contributed by atoms with Crippen molar-refractivity contribution in [3.8, 4) is 0 Å². The van der Waals surface area contributed by atoms with Gasteiger partial charge < -0.3 is 9.88 Å². The molecule has 1 aliphatic heterocycles. The van der Waals surface area contributed by atoms with E-state index < -0.39 is 0 Å². The van der Waals surface area contributed by atoms with Crippen molar-refractivity contribution in [2.24, 2.45) is 13.0 Å². The maximum atomic E-state index is 11.8. The van der Waals surface area contributed by atoms with E-state index in [1.165, 1.54) is 62.2 Å². The van der Waals surface area contributed by atoms with E-state index in [2.05, 4.69) is 28.4 Å². The fraction of sp³-hybridized carbons (Fsp3) is 0.611. The first-order chi connectivity index (χ1) is 11.2. The van der Waals surface area contributed by atoms with Crippen molar-refractivity contribution in [1.82, 2.24) is 14.8 Å². The molecule has 6 heteroatoms. The van der Waals surface area contributed by atoms with Gasteiger partial charge in [-0.1, -0.05) is 17.4 Å². The Kier molecular flexibility index (Phi) is 5.65. The van der Waals surface area contributed by atoms with Crippen LogP contribution in [0.5, 0.6) is 0 Å². The number of nitrogens with one attached hydrogen (secondary N) is 1. The molecule has 2 heterocycles. The van der Waals surface area contributed by atoms with Crippen LogP contribution in [0.2, 0.25) is 0 Å². The van der Waals surface area contributed by atoms with E-state index in [1.54, 1.807) is 4.57 Å². The van der Waals surface area contributed by atoms with Gasteiger partial charge in [-0.25, -0.2) is 0 Å². The molecule has 24 heavy (non-hydrogen) atoms. The summed E-state index contributed by atoms with van der Waals surface area (Å²) in [7, 11) is 1.85. The Bertz CT molecular complexity index is 744. The number of fused-ring (bicyclic) bond motifs is 1. The third-order valence-corrected chi connectivity index (χ3v) is 6.24. The maximum absolute atomic E-state index is 11.8. The van der Waals surface area contributed by atoms with Crippen LogP contribution in [-0.4, -0.2) is 35.1 Å². The molecule has 1 saturated carbocycles. The highest BCUT2D eigenvalue weighted by Gasteiger charge is 2.24. The molecule has 0 bridgehead atoms. The number of aryl methyl sites for hydroxylation is 1. The number of thiazole rings is 1. The van der Waals surface area contributed by atoms with Crippen LogP contribution in [0.25, 0.3) is 10.2 Å². The first-order valence-electron chi connectivity index (χ1n) is 8.73. The van der Waals surface area contributed by atoms with E-state index in [4.69, 9.17) is 0 Å². The minimum atomic E-state index is 0. The fourth-order valence-corrected chi connectivity index (χ4v) is 4.43. The molecule has 0 atom stereocenters. The highest BCUT2D eigenvalue weighted by Crippen LogP contribution is 2.28. The average Bonchev–Trinajstić information content (AvgIpc) is 3.34. The van der Waals surface area contributed by atoms with Crippen molar-refractivity contribution in [2.45, 2.75) is 38.3 Å². The molecule has 2 fully saturated rings. The molecule has 1 N–H and O–H groups in total. The van der Waals surface area contributed by atoms with Gasteiger partial charge in [0.1, 0.15) is 0 Å². The molecule has 2 aliphatic rings. The second kappa shape index (κ2) is 7.56. The summed E-state index contributed by atoms with van der Waals surface area (Å²) in [5.74, 6) is 0.970. The molecule has 4 rings (SSSR count). The number of aromatic nitrogens is 1. The topological polar surface area (TPSA) is 37.3 Å². The van der Waals surface area contributed by atoms with E-state index in [0.717, 1.165) is 22.7 Å². The van der Waals surface area contributed by atoms with E-state index >= 15 is 0 Å². The summed E-state index contributed by atoms with van der Waals surface area (Å²) in [4.78, 5) is 14.4. The highest BCUT2D eigenvalue weighted by molar-refractivity contribution is 7.16. The van der Waals surface area contributed by atoms with Crippen molar-refractivity contribution in [3.63, 3.8) is 0 Å². The number of hydrogen-bond acceptors (Lipinski definition) is 4. The lowest BCUT2D eigenvalue weighted by atomic mass is 10.0. The summed E-state index contributed by atoms with van der Waals surface area (Å²) in [5.41, 5.74) is 2.37. The molecular formula is C18H26ClN3OS. The Labute approximate surface area is 153 Å². The summed E-state index contributed by atoms with van der Waals surface area (Å²) in [6.07, 6.45) is 5.38. The number of rotatable bonds is 5. The van der Waals surface area contributed by atoms with Crippen molar-refractivity contribution >= 4 is 34.0 Å². The number of hydrogen-bond donors (Lipinski definition) is 1. The van der Waals surface area contributed by atoms with Gasteiger partial charge in [0.15, 0.2) is 0 Å². The van der Waals surface area contributed by atoms with Gasteiger partial charge in [-0.3, -0.25) is 9.69 Å². The van der Waals surface area contributed by atoms with Crippen LogP contribution in [0.3, 0.4) is 0 Å². The largest absolute Gasteiger partial charge is 0.314 e. The maximum Gasteiger partial charge on any atom is 0.307 e. The highest BCUT2D eigenvalue weighted by atomic mass is 35.5. The van der Waals surface area contributed by atoms with E-state index in [-0.39, 0.29) is 17.3 Å². The summed E-state index contributed by atoms with van der Waals surface area (Å²) in [6, 6.07) is 7.17. The predicted octanol–water partition coefficient (Wildman–Crippen LogP) is 2.99. The second-order valence-corrected chi connectivity index (χ2v) is 8.12. The van der Waals surface area contributed by atoms with Crippen LogP contribution in [0, 0.1) is 5.92 Å². The quantitative estimate of drug-likeness (QED) is 0.882. The van der Waals surface area contributed by atoms with Crippen LogP contribution in [0.4, 0.5) is 0 Å². The Hall–Kier alpha value is -0.880. The third-order valence-electron chi connectivity index (χ3n) is 5.24. The zero-order valence-corrected chi connectivity index (χ0v) is 15.8. The Balaban J connectivity index is 0.00000169. The van der Waals surface area contributed by atoms with E-state index in [9.17, 15) is 4.79 Å². The molecule has 0 radical (unpaired) electrons. The van der Waals surface area contributed by atoms with Gasteiger partial charge in [0.25, 0.3) is 0 Å². The van der Waals surface area contributed by atoms with Gasteiger partial charge in [-0.2, -0.15) is 0 Å². The number of benzene rings is 1. The summed E-state index contributed by atoms with van der Waals surface area (Å²) < 4.78 is 2.84. The normalized spacial score (nSPS) is 19.5. The predicted molar refractivity (Wildman–Crippen MR) is 103 cm³/mol. The van der Waals surface area contributed by atoms with Gasteiger partial charge >= 0.3 is 4.87 Å². The van der Waals surface area contributed by atoms with Gasteiger partial charge in [-0.05, 0) is 68.9 Å². The van der Waals surface area contributed by atoms with Crippen molar-refractivity contribution < 1.29 is 0 Å². The second-order valence-electron chi connectivity index (χ2n) is 7.13. The Morgan fingerprint density at radius 1 is 1.21 bits per heavy atom. The molecule has 4 nitrogen and oxygen atoms in total. The number of nitrogens with zero attached hydrogens (tertiary/aromatic N) is 2. The smallest absolute Gasteiger partial charge is 0.307 e. The number of likely N-dealkylation sites (tertiary alicyclic amines) is 1. The van der Waals surface area contributed by atoms with Crippen LogP contribution < -0.4 is 10.2 Å². The van der Waals surface area contributed by atoms with Crippen LogP contribution in [0.15, 0.2) is 23.0 Å². The molecule has 1 aromatic heterocycles. The molecule has 2 aromatic rings. The van der Waals surface area contributed by atoms with Crippen molar-refractivity contribution in [2.75, 3.05) is 19.6 Å².